The maximum atomic E-state index is 11.8. The lowest BCUT2D eigenvalue weighted by Crippen LogP contribution is -2.31. The highest BCUT2D eigenvalue weighted by molar-refractivity contribution is 6.49. The number of rotatable bonds is 3. The lowest BCUT2D eigenvalue weighted by Gasteiger charge is -2.08. The third kappa shape index (κ3) is 3.87. The van der Waals surface area contributed by atoms with Crippen LogP contribution in [0.5, 0.6) is 0 Å². The zero-order valence-corrected chi connectivity index (χ0v) is 12.2. The molecule has 0 aliphatic heterocycles. The van der Waals surface area contributed by atoms with Crippen molar-refractivity contribution in [1.82, 2.24) is 5.32 Å². The van der Waals surface area contributed by atoms with Crippen LogP contribution in [0.1, 0.15) is 30.6 Å². The highest BCUT2D eigenvalue weighted by Crippen LogP contribution is 2.32. The molecule has 3 nitrogen and oxygen atoms in total. The molecule has 0 heterocycles. The normalized spacial score (nSPS) is 10.6. The molecule has 0 atom stereocenters. The Morgan fingerprint density at radius 1 is 1.17 bits per heavy atom. The van der Waals surface area contributed by atoms with E-state index in [0.29, 0.717) is 0 Å². The Labute approximate surface area is 120 Å². The Balaban J connectivity index is 2.86. The molecule has 98 valence electrons. The summed E-state index contributed by atoms with van der Waals surface area (Å²) in [5, 5.41) is 2.65. The first kappa shape index (κ1) is 15.3. The minimum absolute atomic E-state index is 0.0408. The summed E-state index contributed by atoms with van der Waals surface area (Å²) in [7, 11) is 0. The number of nitrogens with one attached hydrogen (secondary N) is 1. The van der Waals surface area contributed by atoms with Gasteiger partial charge in [-0.25, -0.2) is 0 Å². The molecule has 0 radical (unpaired) electrons. The minimum atomic E-state index is -0.579. The van der Waals surface area contributed by atoms with Gasteiger partial charge < -0.3 is 0 Å². The average Bonchev–Trinajstić information content (AvgIpc) is 2.24. The molecule has 0 fully saturated rings. The molecule has 2 amide bonds. The zero-order chi connectivity index (χ0) is 13.9. The monoisotopic (exact) mass is 307 g/mol. The van der Waals surface area contributed by atoms with Gasteiger partial charge >= 0.3 is 0 Å². The zero-order valence-electron chi connectivity index (χ0n) is 9.89. The smallest absolute Gasteiger partial charge is 0.259 e. The summed E-state index contributed by atoms with van der Waals surface area (Å²) in [5.74, 6) is -0.761. The van der Waals surface area contributed by atoms with Gasteiger partial charge in [-0.05, 0) is 18.1 Å². The van der Waals surface area contributed by atoms with Gasteiger partial charge in [0.2, 0.25) is 5.91 Å². The van der Waals surface area contributed by atoms with E-state index in [2.05, 4.69) is 5.32 Å². The molecule has 0 aliphatic carbocycles. The number of carbonyl (C=O) groups excluding carboxylic acids is 2. The van der Waals surface area contributed by atoms with Crippen molar-refractivity contribution in [3.63, 3.8) is 0 Å². The second-order valence-corrected chi connectivity index (χ2v) is 5.36. The standard InChI is InChI=1S/C12H12Cl3NO2/c1-6(2)5-9(17)16-12(18)7-3-4-8(13)11(15)10(7)14/h3-4,6H,5H2,1-2H3,(H,16,17,18). The van der Waals surface area contributed by atoms with E-state index in [0.717, 1.165) is 0 Å². The van der Waals surface area contributed by atoms with E-state index in [4.69, 9.17) is 34.8 Å². The third-order valence-electron chi connectivity index (χ3n) is 2.13. The molecule has 6 heteroatoms. The van der Waals surface area contributed by atoms with Crippen LogP contribution in [0.2, 0.25) is 15.1 Å². The molecule has 0 aliphatic rings. The van der Waals surface area contributed by atoms with Crippen molar-refractivity contribution in [2.24, 2.45) is 5.92 Å². The van der Waals surface area contributed by atoms with E-state index in [1.807, 2.05) is 13.8 Å². The lowest BCUT2D eigenvalue weighted by molar-refractivity contribution is -0.120. The van der Waals surface area contributed by atoms with E-state index < -0.39 is 5.91 Å². The van der Waals surface area contributed by atoms with Crippen molar-refractivity contribution in [2.45, 2.75) is 20.3 Å². The fourth-order valence-electron chi connectivity index (χ4n) is 1.32. The number of amides is 2. The third-order valence-corrected chi connectivity index (χ3v) is 3.42. The fraction of sp³-hybridized carbons (Fsp3) is 0.333. The van der Waals surface area contributed by atoms with E-state index in [1.165, 1.54) is 12.1 Å². The van der Waals surface area contributed by atoms with Gasteiger partial charge in [-0.1, -0.05) is 48.7 Å². The summed E-state index contributed by atoms with van der Waals surface area (Å²) in [4.78, 5) is 23.3. The van der Waals surface area contributed by atoms with Crippen molar-refractivity contribution in [1.29, 1.82) is 0 Å². The second-order valence-electron chi connectivity index (χ2n) is 4.20. The molecular formula is C12H12Cl3NO2. The highest BCUT2D eigenvalue weighted by atomic mass is 35.5. The Kier molecular flexibility index (Phi) is 5.45. The van der Waals surface area contributed by atoms with Gasteiger partial charge in [-0.2, -0.15) is 0 Å². The minimum Gasteiger partial charge on any atom is -0.292 e. The molecule has 1 rings (SSSR count). The van der Waals surface area contributed by atoms with Gasteiger partial charge in [-0.15, -0.1) is 0 Å². The molecule has 18 heavy (non-hydrogen) atoms. The molecule has 0 spiro atoms. The number of imide groups is 1. The van der Waals surface area contributed by atoms with Gasteiger partial charge in [0.15, 0.2) is 0 Å². The topological polar surface area (TPSA) is 46.2 Å². The highest BCUT2D eigenvalue weighted by Gasteiger charge is 2.17. The van der Waals surface area contributed by atoms with Crippen LogP contribution in [0.25, 0.3) is 0 Å². The maximum Gasteiger partial charge on any atom is 0.259 e. The van der Waals surface area contributed by atoms with Crippen molar-refractivity contribution in [3.05, 3.63) is 32.8 Å². The molecule has 0 saturated heterocycles. The number of benzene rings is 1. The Bertz CT molecular complexity index is 486. The summed E-state index contributed by atoms with van der Waals surface area (Å²) in [5.41, 5.74) is 0.128. The van der Waals surface area contributed by atoms with Crippen LogP contribution in [-0.4, -0.2) is 11.8 Å². The van der Waals surface area contributed by atoms with Crippen molar-refractivity contribution in [2.75, 3.05) is 0 Å². The number of carbonyl (C=O) groups is 2. The number of hydrogen-bond acceptors (Lipinski definition) is 2. The quantitative estimate of drug-likeness (QED) is 0.859. The molecule has 0 bridgehead atoms. The van der Waals surface area contributed by atoms with Crippen LogP contribution >= 0.6 is 34.8 Å². The molecular weight excluding hydrogens is 296 g/mol. The summed E-state index contributed by atoms with van der Waals surface area (Å²) in [6.07, 6.45) is 0.269. The van der Waals surface area contributed by atoms with E-state index >= 15 is 0 Å². The molecule has 0 aromatic heterocycles. The molecule has 0 unspecified atom stereocenters. The van der Waals surface area contributed by atoms with E-state index in [9.17, 15) is 9.59 Å². The summed E-state index contributed by atoms with van der Waals surface area (Å²) < 4.78 is 0. The predicted molar refractivity (Wildman–Crippen MR) is 73.4 cm³/mol. The van der Waals surface area contributed by atoms with E-state index in [1.54, 1.807) is 0 Å². The van der Waals surface area contributed by atoms with Gasteiger partial charge in [0.25, 0.3) is 5.91 Å². The molecule has 0 saturated carbocycles. The van der Waals surface area contributed by atoms with E-state index in [-0.39, 0.29) is 38.9 Å². The van der Waals surface area contributed by atoms with Crippen molar-refractivity contribution in [3.8, 4) is 0 Å². The van der Waals surface area contributed by atoms with Crippen LogP contribution in [0.4, 0.5) is 0 Å². The Hall–Kier alpha value is -0.770. The van der Waals surface area contributed by atoms with Gasteiger partial charge in [0.1, 0.15) is 0 Å². The maximum absolute atomic E-state index is 11.8. The first-order chi connectivity index (χ1) is 8.32. The molecule has 1 aromatic carbocycles. The van der Waals surface area contributed by atoms with Crippen molar-refractivity contribution >= 4 is 46.6 Å². The van der Waals surface area contributed by atoms with Crippen LogP contribution in [0.15, 0.2) is 12.1 Å². The van der Waals surface area contributed by atoms with Crippen LogP contribution < -0.4 is 5.32 Å². The van der Waals surface area contributed by atoms with Crippen LogP contribution in [-0.2, 0) is 4.79 Å². The first-order valence-corrected chi connectivity index (χ1v) is 6.44. The first-order valence-electron chi connectivity index (χ1n) is 5.30. The summed E-state index contributed by atoms with van der Waals surface area (Å²) >= 11 is 17.5. The van der Waals surface area contributed by atoms with Crippen molar-refractivity contribution < 1.29 is 9.59 Å². The number of hydrogen-bond donors (Lipinski definition) is 1. The van der Waals surface area contributed by atoms with Crippen LogP contribution in [0.3, 0.4) is 0 Å². The predicted octanol–water partition coefficient (Wildman–Crippen LogP) is 3.95. The second kappa shape index (κ2) is 6.41. The Morgan fingerprint density at radius 2 is 1.78 bits per heavy atom. The molecule has 1 aromatic rings. The fourth-order valence-corrected chi connectivity index (χ4v) is 1.94. The SMILES string of the molecule is CC(C)CC(=O)NC(=O)c1ccc(Cl)c(Cl)c1Cl. The van der Waals surface area contributed by atoms with Crippen LogP contribution in [0, 0.1) is 5.92 Å². The lowest BCUT2D eigenvalue weighted by atomic mass is 10.1. The Morgan fingerprint density at radius 3 is 2.33 bits per heavy atom. The molecule has 1 N–H and O–H groups in total. The van der Waals surface area contributed by atoms with Gasteiger partial charge in [0, 0.05) is 6.42 Å². The largest absolute Gasteiger partial charge is 0.292 e. The number of halogens is 3. The van der Waals surface area contributed by atoms with Gasteiger partial charge in [-0.3, -0.25) is 14.9 Å². The summed E-state index contributed by atoms with van der Waals surface area (Å²) in [6, 6.07) is 2.88. The summed E-state index contributed by atoms with van der Waals surface area (Å²) in [6.45, 7) is 3.77. The average molecular weight is 309 g/mol. The van der Waals surface area contributed by atoms with Gasteiger partial charge in [0.05, 0.1) is 20.6 Å².